The van der Waals surface area contributed by atoms with Crippen molar-refractivity contribution in [3.05, 3.63) is 45.6 Å². The van der Waals surface area contributed by atoms with Crippen molar-refractivity contribution in [2.75, 3.05) is 0 Å². The molecule has 0 aromatic heterocycles. The molecule has 0 amide bonds. The maximum absolute atomic E-state index is 9.12. The van der Waals surface area contributed by atoms with E-state index in [1.54, 1.807) is 0 Å². The van der Waals surface area contributed by atoms with Crippen LogP contribution in [0.1, 0.15) is 41.5 Å². The Morgan fingerprint density at radius 3 is 1.95 bits per heavy atom. The average Bonchev–Trinajstić information content (AvgIpc) is 2.26. The van der Waals surface area contributed by atoms with Crippen molar-refractivity contribution in [1.82, 2.24) is 0 Å². The fraction of sp³-hybridized carbons (Fsp3) is 0.467. The van der Waals surface area contributed by atoms with Crippen LogP contribution in [0.15, 0.2) is 45.6 Å². The highest BCUT2D eigenvalue weighted by Gasteiger charge is 2.27. The molecule has 1 aliphatic carbocycles. The van der Waals surface area contributed by atoms with Gasteiger partial charge in [-0.3, -0.25) is 0 Å². The van der Waals surface area contributed by atoms with Gasteiger partial charge in [-0.1, -0.05) is 28.9 Å². The second kappa shape index (κ2) is 6.62. The van der Waals surface area contributed by atoms with E-state index in [2.05, 4.69) is 27.7 Å². The summed E-state index contributed by atoms with van der Waals surface area (Å²) in [6.45, 7) is 12.3. The normalized spacial score (nSPS) is 19.2. The minimum absolute atomic E-state index is 0.390. The fourth-order valence-electron chi connectivity index (χ4n) is 2.33. The first-order valence-electron chi connectivity index (χ1n) is 6.31. The quantitative estimate of drug-likeness (QED) is 0.748. The van der Waals surface area contributed by atoms with Crippen LogP contribution in [0.25, 0.3) is 0 Å². The summed E-state index contributed by atoms with van der Waals surface area (Å²) in [6, 6.07) is 0. The van der Waals surface area contributed by atoms with Crippen LogP contribution in [0.4, 0.5) is 0 Å². The van der Waals surface area contributed by atoms with Crippen molar-refractivity contribution < 1.29 is 14.3 Å². The van der Waals surface area contributed by atoms with Gasteiger partial charge >= 0.3 is 8.60 Å². The van der Waals surface area contributed by atoms with Crippen LogP contribution in [0.3, 0.4) is 0 Å². The molecule has 0 heterocycles. The molecule has 1 unspecified atom stereocenters. The molecule has 1 atom stereocenters. The largest absolute Gasteiger partial charge is 0.328 e. The van der Waals surface area contributed by atoms with Crippen LogP contribution >= 0.6 is 8.60 Å². The molecule has 1 rings (SSSR count). The third-order valence-corrected chi connectivity index (χ3v) is 3.46. The number of allylic oxidation sites excluding steroid dienone is 5. The molecule has 4 heteroatoms. The van der Waals surface area contributed by atoms with Crippen LogP contribution < -0.4 is 0 Å². The fourth-order valence-corrected chi connectivity index (χ4v) is 2.71. The van der Waals surface area contributed by atoms with Gasteiger partial charge in [0.15, 0.2) is 0 Å². The van der Waals surface area contributed by atoms with Gasteiger partial charge in [-0.25, -0.2) is 0 Å². The molecule has 0 saturated carbocycles. The molecule has 106 valence electrons. The van der Waals surface area contributed by atoms with E-state index < -0.39 is 8.60 Å². The van der Waals surface area contributed by atoms with Gasteiger partial charge in [0.1, 0.15) is 6.10 Å². The average molecular weight is 282 g/mol. The highest BCUT2D eigenvalue weighted by molar-refractivity contribution is 7.39. The van der Waals surface area contributed by atoms with Crippen LogP contribution in [0.2, 0.25) is 0 Å². The predicted octanol–water partition coefficient (Wildman–Crippen LogP) is 4.16. The SMILES string of the molecule is CC(C)=C1C=CC(OP(O)O)C(=C(C)C)C1=C(C)C. The van der Waals surface area contributed by atoms with E-state index in [9.17, 15) is 0 Å². The topological polar surface area (TPSA) is 49.7 Å². The smallest absolute Gasteiger partial charge is 0.327 e. The Kier molecular flexibility index (Phi) is 5.69. The summed E-state index contributed by atoms with van der Waals surface area (Å²) in [5, 5.41) is 0. The first kappa shape index (κ1) is 16.3. The molecule has 1 aliphatic rings. The van der Waals surface area contributed by atoms with Gasteiger partial charge in [-0.15, -0.1) is 0 Å². The van der Waals surface area contributed by atoms with Crippen molar-refractivity contribution in [2.45, 2.75) is 47.6 Å². The lowest BCUT2D eigenvalue weighted by Crippen LogP contribution is -2.19. The van der Waals surface area contributed by atoms with Gasteiger partial charge in [0.25, 0.3) is 0 Å². The lowest BCUT2D eigenvalue weighted by molar-refractivity contribution is 0.231. The lowest BCUT2D eigenvalue weighted by atomic mass is 9.82. The summed E-state index contributed by atoms with van der Waals surface area (Å²) in [5.74, 6) is 0. The molecule has 0 aromatic carbocycles. The molecule has 3 nitrogen and oxygen atoms in total. The maximum Gasteiger partial charge on any atom is 0.327 e. The summed E-state index contributed by atoms with van der Waals surface area (Å²) in [7, 11) is -2.37. The summed E-state index contributed by atoms with van der Waals surface area (Å²) >= 11 is 0. The van der Waals surface area contributed by atoms with Crippen LogP contribution in [0.5, 0.6) is 0 Å². The zero-order chi connectivity index (χ0) is 14.7. The maximum atomic E-state index is 9.12. The van der Waals surface area contributed by atoms with E-state index in [1.165, 1.54) is 16.7 Å². The van der Waals surface area contributed by atoms with Crippen LogP contribution in [0, 0.1) is 0 Å². The van der Waals surface area contributed by atoms with Crippen LogP contribution in [-0.4, -0.2) is 15.9 Å². The zero-order valence-corrected chi connectivity index (χ0v) is 13.4. The Morgan fingerprint density at radius 1 is 1.00 bits per heavy atom. The van der Waals surface area contributed by atoms with Crippen LogP contribution in [-0.2, 0) is 4.52 Å². The van der Waals surface area contributed by atoms with E-state index in [4.69, 9.17) is 14.3 Å². The van der Waals surface area contributed by atoms with E-state index in [-0.39, 0.29) is 6.10 Å². The molecule has 0 spiro atoms. The highest BCUT2D eigenvalue weighted by atomic mass is 31.2. The summed E-state index contributed by atoms with van der Waals surface area (Å²) in [6.07, 6.45) is 3.51. The molecule has 0 aliphatic heterocycles. The van der Waals surface area contributed by atoms with Crippen molar-refractivity contribution in [3.8, 4) is 0 Å². The van der Waals surface area contributed by atoms with Crippen molar-refractivity contribution in [3.63, 3.8) is 0 Å². The molecule has 0 fully saturated rings. The molecule has 0 saturated heterocycles. The first-order chi connectivity index (χ1) is 8.75. The highest BCUT2D eigenvalue weighted by Crippen LogP contribution is 2.40. The van der Waals surface area contributed by atoms with E-state index >= 15 is 0 Å². The van der Waals surface area contributed by atoms with Crippen molar-refractivity contribution in [2.24, 2.45) is 0 Å². The molecule has 0 aromatic rings. The summed E-state index contributed by atoms with van der Waals surface area (Å²) in [4.78, 5) is 18.2. The van der Waals surface area contributed by atoms with E-state index in [1.807, 2.05) is 26.0 Å². The lowest BCUT2D eigenvalue weighted by Gasteiger charge is -2.29. The number of hydrogen-bond acceptors (Lipinski definition) is 3. The van der Waals surface area contributed by atoms with E-state index in [0.29, 0.717) is 0 Å². The molecule has 19 heavy (non-hydrogen) atoms. The van der Waals surface area contributed by atoms with Gasteiger partial charge in [-0.2, -0.15) is 0 Å². The Morgan fingerprint density at radius 2 is 1.58 bits per heavy atom. The number of hydrogen-bond donors (Lipinski definition) is 2. The minimum Gasteiger partial charge on any atom is -0.328 e. The first-order valence-corrected chi connectivity index (χ1v) is 7.48. The van der Waals surface area contributed by atoms with Gasteiger partial charge in [0.05, 0.1) is 0 Å². The van der Waals surface area contributed by atoms with Crippen molar-refractivity contribution >= 4 is 8.60 Å². The third kappa shape index (κ3) is 3.87. The standard InChI is InChI=1S/C15H23O3P/c1-9(2)12-7-8-13(18-19(16)17)15(11(5)6)14(12)10(3)4/h7-8,13,16-17H,1-6H3. The molecular formula is C15H23O3P. The Balaban J connectivity index is 3.47. The van der Waals surface area contributed by atoms with Gasteiger partial charge < -0.3 is 14.3 Å². The number of rotatable bonds is 2. The van der Waals surface area contributed by atoms with E-state index in [0.717, 1.165) is 16.7 Å². The second-order valence-electron chi connectivity index (χ2n) is 5.34. The zero-order valence-electron chi connectivity index (χ0n) is 12.5. The molecular weight excluding hydrogens is 259 g/mol. The molecule has 2 N–H and O–H groups in total. The van der Waals surface area contributed by atoms with Gasteiger partial charge in [0.2, 0.25) is 0 Å². The predicted molar refractivity (Wildman–Crippen MR) is 80.5 cm³/mol. The molecule has 0 radical (unpaired) electrons. The summed E-state index contributed by atoms with van der Waals surface area (Å²) in [5.41, 5.74) is 6.95. The Labute approximate surface area is 117 Å². The Bertz CT molecular complexity index is 470. The monoisotopic (exact) mass is 282 g/mol. The second-order valence-corrected chi connectivity index (χ2v) is 6.06. The third-order valence-electron chi connectivity index (χ3n) is 3.05. The Hall–Kier alpha value is -0.730. The minimum atomic E-state index is -2.37. The summed E-state index contributed by atoms with van der Waals surface area (Å²) < 4.78 is 5.25. The van der Waals surface area contributed by atoms with Crippen molar-refractivity contribution in [1.29, 1.82) is 0 Å². The molecule has 0 bridgehead atoms. The van der Waals surface area contributed by atoms with Gasteiger partial charge in [-0.05, 0) is 58.3 Å². The van der Waals surface area contributed by atoms with Gasteiger partial charge in [0, 0.05) is 0 Å².